The first-order chi connectivity index (χ1) is 8.39. The second-order valence-electron chi connectivity index (χ2n) is 5.32. The van der Waals surface area contributed by atoms with Crippen LogP contribution in [0.25, 0.3) is 0 Å². The highest BCUT2D eigenvalue weighted by Crippen LogP contribution is 2.38. The topological polar surface area (TPSA) is 67.1 Å². The fraction of sp³-hybridized carbons (Fsp3) is 0.462. The first kappa shape index (κ1) is 12.8. The largest absolute Gasteiger partial charge is 0.334 e. The first-order valence-electron chi connectivity index (χ1n) is 5.98. The maximum absolute atomic E-state index is 12.7. The van der Waals surface area contributed by atoms with Crippen molar-refractivity contribution in [2.75, 3.05) is 5.32 Å². The van der Waals surface area contributed by atoms with E-state index in [0.29, 0.717) is 5.69 Å². The van der Waals surface area contributed by atoms with Gasteiger partial charge < -0.3 is 16.4 Å². The number of amides is 2. The molecule has 0 spiro atoms. The summed E-state index contributed by atoms with van der Waals surface area (Å²) in [6, 6.07) is 5.56. The lowest BCUT2D eigenvalue weighted by Crippen LogP contribution is -2.64. The van der Waals surface area contributed by atoms with Gasteiger partial charge in [0, 0.05) is 23.2 Å². The van der Waals surface area contributed by atoms with Crippen molar-refractivity contribution < 1.29 is 9.18 Å². The molecule has 2 atom stereocenters. The number of hydrogen-bond donors (Lipinski definition) is 3. The molecule has 1 saturated carbocycles. The van der Waals surface area contributed by atoms with Gasteiger partial charge in [0.25, 0.3) is 0 Å². The third-order valence-corrected chi connectivity index (χ3v) is 3.75. The second kappa shape index (κ2) is 4.57. The average Bonchev–Trinajstić information content (AvgIpc) is 2.32. The Hall–Kier alpha value is -1.62. The highest BCUT2D eigenvalue weighted by atomic mass is 19.1. The Balaban J connectivity index is 1.88. The van der Waals surface area contributed by atoms with Gasteiger partial charge in [0.1, 0.15) is 5.82 Å². The molecule has 2 amide bonds. The predicted octanol–water partition coefficient (Wildman–Crippen LogP) is 2.07. The summed E-state index contributed by atoms with van der Waals surface area (Å²) in [6.45, 7) is 4.06. The van der Waals surface area contributed by atoms with Gasteiger partial charge >= 0.3 is 6.03 Å². The third kappa shape index (κ3) is 2.46. The fourth-order valence-electron chi connectivity index (χ4n) is 2.06. The molecular formula is C13H18FN3O. The molecule has 0 radical (unpaired) electrons. The van der Waals surface area contributed by atoms with E-state index in [-0.39, 0.29) is 29.3 Å². The standard InChI is InChI=1S/C13H18FN3O/c1-13(2)10(15)7-11(13)17-12(18)16-9-5-3-8(14)4-6-9/h3-6,10-11H,7,15H2,1-2H3,(H2,16,17,18). The van der Waals surface area contributed by atoms with Crippen molar-refractivity contribution in [3.63, 3.8) is 0 Å². The van der Waals surface area contributed by atoms with Crippen LogP contribution < -0.4 is 16.4 Å². The van der Waals surface area contributed by atoms with Gasteiger partial charge in [-0.25, -0.2) is 9.18 Å². The van der Waals surface area contributed by atoms with Crippen LogP contribution >= 0.6 is 0 Å². The molecule has 4 N–H and O–H groups in total. The summed E-state index contributed by atoms with van der Waals surface area (Å²) in [4.78, 5) is 11.7. The van der Waals surface area contributed by atoms with Gasteiger partial charge in [-0.3, -0.25) is 0 Å². The SMILES string of the molecule is CC1(C)C(N)CC1NC(=O)Nc1ccc(F)cc1. The summed E-state index contributed by atoms with van der Waals surface area (Å²) in [5, 5.41) is 5.54. The minimum Gasteiger partial charge on any atom is -0.334 e. The van der Waals surface area contributed by atoms with E-state index in [1.807, 2.05) is 13.8 Å². The Morgan fingerprint density at radius 2 is 2.00 bits per heavy atom. The minimum atomic E-state index is -0.327. The van der Waals surface area contributed by atoms with Gasteiger partial charge in [-0.15, -0.1) is 0 Å². The predicted molar refractivity (Wildman–Crippen MR) is 68.7 cm³/mol. The van der Waals surface area contributed by atoms with Crippen LogP contribution in [-0.4, -0.2) is 18.1 Å². The number of anilines is 1. The van der Waals surface area contributed by atoms with E-state index in [9.17, 15) is 9.18 Å². The molecule has 1 aromatic rings. The number of hydrogen-bond acceptors (Lipinski definition) is 2. The molecule has 0 aliphatic heterocycles. The number of carbonyl (C=O) groups excluding carboxylic acids is 1. The van der Waals surface area contributed by atoms with Crippen molar-refractivity contribution in [1.82, 2.24) is 5.32 Å². The van der Waals surface area contributed by atoms with Crippen molar-refractivity contribution in [2.45, 2.75) is 32.4 Å². The van der Waals surface area contributed by atoms with Gasteiger partial charge in [-0.2, -0.15) is 0 Å². The van der Waals surface area contributed by atoms with Gasteiger partial charge in [0.05, 0.1) is 0 Å². The molecule has 2 rings (SSSR count). The zero-order chi connectivity index (χ0) is 13.3. The molecule has 18 heavy (non-hydrogen) atoms. The quantitative estimate of drug-likeness (QED) is 0.753. The van der Waals surface area contributed by atoms with E-state index in [2.05, 4.69) is 10.6 Å². The molecule has 0 aromatic heterocycles. The van der Waals surface area contributed by atoms with Crippen LogP contribution in [0.5, 0.6) is 0 Å². The number of benzene rings is 1. The van der Waals surface area contributed by atoms with E-state index in [1.165, 1.54) is 24.3 Å². The normalized spacial score (nSPS) is 25.1. The van der Waals surface area contributed by atoms with Crippen LogP contribution in [0.3, 0.4) is 0 Å². The number of urea groups is 1. The highest BCUT2D eigenvalue weighted by molar-refractivity contribution is 5.89. The van der Waals surface area contributed by atoms with Gasteiger partial charge in [0.15, 0.2) is 0 Å². The molecule has 5 heteroatoms. The fourth-order valence-corrected chi connectivity index (χ4v) is 2.06. The van der Waals surface area contributed by atoms with E-state index in [4.69, 9.17) is 5.73 Å². The molecule has 1 fully saturated rings. The first-order valence-corrected chi connectivity index (χ1v) is 5.98. The van der Waals surface area contributed by atoms with Gasteiger partial charge in [-0.05, 0) is 30.7 Å². The van der Waals surface area contributed by atoms with Crippen LogP contribution in [0, 0.1) is 11.2 Å². The summed E-state index contributed by atoms with van der Waals surface area (Å²) in [5.41, 5.74) is 6.36. The maximum atomic E-state index is 12.7. The molecule has 0 heterocycles. The van der Waals surface area contributed by atoms with Crippen LogP contribution in [0.2, 0.25) is 0 Å². The van der Waals surface area contributed by atoms with Crippen LogP contribution in [0.1, 0.15) is 20.3 Å². The monoisotopic (exact) mass is 251 g/mol. The Bertz CT molecular complexity index is 444. The molecule has 1 aliphatic carbocycles. The number of halogens is 1. The number of nitrogens with one attached hydrogen (secondary N) is 2. The molecule has 98 valence electrons. The second-order valence-corrected chi connectivity index (χ2v) is 5.32. The minimum absolute atomic E-state index is 0.0768. The Labute approximate surface area is 106 Å². The zero-order valence-corrected chi connectivity index (χ0v) is 10.5. The molecular weight excluding hydrogens is 233 g/mol. The summed E-state index contributed by atoms with van der Waals surface area (Å²) in [7, 11) is 0. The van der Waals surface area contributed by atoms with Crippen molar-refractivity contribution in [2.24, 2.45) is 11.1 Å². The van der Waals surface area contributed by atoms with Crippen LogP contribution in [0.15, 0.2) is 24.3 Å². The van der Waals surface area contributed by atoms with Crippen molar-refractivity contribution in [3.8, 4) is 0 Å². The Kier molecular flexibility index (Phi) is 3.26. The zero-order valence-electron chi connectivity index (χ0n) is 10.5. The van der Waals surface area contributed by atoms with E-state index in [1.54, 1.807) is 0 Å². The average molecular weight is 251 g/mol. The number of nitrogens with two attached hydrogens (primary N) is 1. The van der Waals surface area contributed by atoms with Gasteiger partial charge in [0.2, 0.25) is 0 Å². The van der Waals surface area contributed by atoms with Crippen LogP contribution in [-0.2, 0) is 0 Å². The third-order valence-electron chi connectivity index (χ3n) is 3.75. The molecule has 1 aliphatic rings. The van der Waals surface area contributed by atoms with E-state index < -0.39 is 0 Å². The lowest BCUT2D eigenvalue weighted by Gasteiger charge is -2.50. The van der Waals surface area contributed by atoms with Crippen molar-refractivity contribution in [1.29, 1.82) is 0 Å². The Morgan fingerprint density at radius 1 is 1.39 bits per heavy atom. The molecule has 0 saturated heterocycles. The summed E-state index contributed by atoms with van der Waals surface area (Å²) < 4.78 is 12.7. The van der Waals surface area contributed by atoms with Crippen molar-refractivity contribution in [3.05, 3.63) is 30.1 Å². The summed E-state index contributed by atoms with van der Waals surface area (Å²) >= 11 is 0. The van der Waals surface area contributed by atoms with E-state index in [0.717, 1.165) is 6.42 Å². The van der Waals surface area contributed by atoms with Crippen LogP contribution in [0.4, 0.5) is 14.9 Å². The summed E-state index contributed by atoms with van der Waals surface area (Å²) in [5.74, 6) is -0.327. The number of rotatable bonds is 2. The Morgan fingerprint density at radius 3 is 2.50 bits per heavy atom. The molecule has 0 bridgehead atoms. The summed E-state index contributed by atoms with van der Waals surface area (Å²) in [6.07, 6.45) is 0.782. The van der Waals surface area contributed by atoms with E-state index >= 15 is 0 Å². The smallest absolute Gasteiger partial charge is 0.319 e. The number of carbonyl (C=O) groups is 1. The van der Waals surface area contributed by atoms with Gasteiger partial charge in [-0.1, -0.05) is 13.8 Å². The molecule has 4 nitrogen and oxygen atoms in total. The molecule has 2 unspecified atom stereocenters. The molecule has 1 aromatic carbocycles. The van der Waals surface area contributed by atoms with Crippen molar-refractivity contribution >= 4 is 11.7 Å². The lowest BCUT2D eigenvalue weighted by atomic mass is 9.63. The maximum Gasteiger partial charge on any atom is 0.319 e. The lowest BCUT2D eigenvalue weighted by molar-refractivity contribution is 0.0815. The highest BCUT2D eigenvalue weighted by Gasteiger charge is 2.46.